The monoisotopic (exact) mass is 309 g/mol. The number of aliphatic hydroxyl groups excluding tert-OH is 1. The Hall–Kier alpha value is -0.820. The second-order valence-electron chi connectivity index (χ2n) is 3.99. The number of aliphatic imine (C=N–C) groups is 1. The molecule has 1 saturated heterocycles. The number of ether oxygens (including phenoxy) is 1. The number of aliphatic hydroxyl groups is 1. The van der Waals surface area contributed by atoms with Crippen LogP contribution in [0.25, 0.3) is 0 Å². The second kappa shape index (κ2) is 7.09. The molecule has 2 unspecified atom stereocenters. The Morgan fingerprint density at radius 1 is 1.68 bits per heavy atom. The molecule has 0 saturated carbocycles. The third-order valence-corrected chi connectivity index (χ3v) is 3.36. The molecule has 1 heterocycles. The van der Waals surface area contributed by atoms with E-state index in [9.17, 15) is 4.79 Å². The lowest BCUT2D eigenvalue weighted by Gasteiger charge is -2.27. The van der Waals surface area contributed by atoms with Gasteiger partial charge >= 0.3 is 0 Å². The molecule has 0 aromatic heterocycles. The number of halogens is 2. The van der Waals surface area contributed by atoms with E-state index in [1.807, 2.05) is 0 Å². The highest BCUT2D eigenvalue weighted by Crippen LogP contribution is 2.41. The molecule has 0 spiro atoms. The van der Waals surface area contributed by atoms with Gasteiger partial charge in [-0.05, 0) is 6.08 Å². The van der Waals surface area contributed by atoms with Crippen molar-refractivity contribution >= 4 is 35.4 Å². The van der Waals surface area contributed by atoms with E-state index in [1.165, 1.54) is 11.1 Å². The van der Waals surface area contributed by atoms with Crippen LogP contribution in [-0.4, -0.2) is 59.6 Å². The van der Waals surface area contributed by atoms with Crippen LogP contribution in [0.1, 0.15) is 6.42 Å². The third-order valence-electron chi connectivity index (χ3n) is 2.68. The molecule has 19 heavy (non-hydrogen) atoms. The molecule has 2 atom stereocenters. The van der Waals surface area contributed by atoms with Gasteiger partial charge in [0.15, 0.2) is 10.6 Å². The van der Waals surface area contributed by atoms with E-state index >= 15 is 0 Å². The molecule has 0 radical (unpaired) electrons. The van der Waals surface area contributed by atoms with Crippen molar-refractivity contribution in [3.05, 3.63) is 12.3 Å². The predicted octanol–water partition coefficient (Wildman–Crippen LogP) is 0.487. The Morgan fingerprint density at radius 2 is 2.37 bits per heavy atom. The normalized spacial score (nSPS) is 26.7. The highest BCUT2D eigenvalue weighted by molar-refractivity contribution is 6.49. The molecule has 1 aliphatic rings. The van der Waals surface area contributed by atoms with Gasteiger partial charge in [0.25, 0.3) is 0 Å². The molecule has 6 nitrogen and oxygen atoms in total. The number of alkyl halides is 2. The highest BCUT2D eigenvalue weighted by Gasteiger charge is 2.48. The fraction of sp³-hybridized carbons (Fsp3) is 0.636. The molecule has 1 amide bonds. The summed E-state index contributed by atoms with van der Waals surface area (Å²) in [5, 5.41) is 11.9. The minimum atomic E-state index is -1.26. The van der Waals surface area contributed by atoms with Crippen molar-refractivity contribution in [2.75, 3.05) is 20.7 Å². The first-order chi connectivity index (χ1) is 8.98. The Labute approximate surface area is 122 Å². The van der Waals surface area contributed by atoms with Gasteiger partial charge in [0.05, 0.1) is 12.7 Å². The van der Waals surface area contributed by atoms with Gasteiger partial charge < -0.3 is 15.2 Å². The largest absolute Gasteiger partial charge is 0.394 e. The van der Waals surface area contributed by atoms with Gasteiger partial charge in [-0.15, -0.1) is 0 Å². The Morgan fingerprint density at radius 3 is 2.79 bits per heavy atom. The van der Waals surface area contributed by atoms with E-state index in [4.69, 9.17) is 33.0 Å². The van der Waals surface area contributed by atoms with E-state index in [1.54, 1.807) is 20.2 Å². The standard InChI is InChI=1S/C11H17Cl2N3O3/c1-14-9(15-2)3-4-16(7-18)10-11(12,13)5-8(6-17)19-10/h3-4,7-8,10,17H,5-6H2,1-2H3,(H,14,15)/b4-3-. The van der Waals surface area contributed by atoms with Gasteiger partial charge in [-0.2, -0.15) is 0 Å². The van der Waals surface area contributed by atoms with Crippen molar-refractivity contribution in [1.29, 1.82) is 0 Å². The molecule has 0 aromatic rings. The number of amides is 1. The maximum atomic E-state index is 11.1. The molecular weight excluding hydrogens is 293 g/mol. The average molecular weight is 310 g/mol. The summed E-state index contributed by atoms with van der Waals surface area (Å²) in [6, 6.07) is 0. The maximum absolute atomic E-state index is 11.1. The van der Waals surface area contributed by atoms with Gasteiger partial charge in [0.2, 0.25) is 6.41 Å². The topological polar surface area (TPSA) is 74.2 Å². The first kappa shape index (κ1) is 16.2. The van der Waals surface area contributed by atoms with Crippen LogP contribution < -0.4 is 5.32 Å². The van der Waals surface area contributed by atoms with Crippen LogP contribution in [-0.2, 0) is 9.53 Å². The SMILES string of the molecule is CN=C(/C=C\N(C=O)C1OC(CO)CC1(Cl)Cl)NC. The number of hydrogen-bond donors (Lipinski definition) is 2. The van der Waals surface area contributed by atoms with Crippen molar-refractivity contribution < 1.29 is 14.6 Å². The summed E-state index contributed by atoms with van der Waals surface area (Å²) in [5.41, 5.74) is 0. The number of hydrogen-bond acceptors (Lipinski definition) is 4. The van der Waals surface area contributed by atoms with Crippen LogP contribution in [0, 0.1) is 0 Å². The Kier molecular flexibility index (Phi) is 6.06. The summed E-state index contributed by atoms with van der Waals surface area (Å²) in [5.74, 6) is 0.582. The van der Waals surface area contributed by atoms with Crippen LogP contribution in [0.4, 0.5) is 0 Å². The van der Waals surface area contributed by atoms with E-state index in [0.29, 0.717) is 12.2 Å². The van der Waals surface area contributed by atoms with Gasteiger partial charge in [-0.25, -0.2) is 0 Å². The number of carbonyl (C=O) groups excluding carboxylic acids is 1. The summed E-state index contributed by atoms with van der Waals surface area (Å²) < 4.78 is 4.19. The average Bonchev–Trinajstić information content (AvgIpc) is 2.70. The highest BCUT2D eigenvalue weighted by atomic mass is 35.5. The molecule has 1 aliphatic heterocycles. The molecule has 108 valence electrons. The Balaban J connectivity index is 2.83. The number of rotatable bonds is 5. The smallest absolute Gasteiger partial charge is 0.215 e. The zero-order chi connectivity index (χ0) is 14.5. The minimum Gasteiger partial charge on any atom is -0.394 e. The fourth-order valence-electron chi connectivity index (χ4n) is 1.73. The van der Waals surface area contributed by atoms with E-state index in [0.717, 1.165) is 0 Å². The van der Waals surface area contributed by atoms with E-state index < -0.39 is 16.7 Å². The molecule has 2 N–H and O–H groups in total. The second-order valence-corrected chi connectivity index (χ2v) is 5.53. The molecular formula is C11H17Cl2N3O3. The zero-order valence-electron chi connectivity index (χ0n) is 10.7. The van der Waals surface area contributed by atoms with Crippen LogP contribution in [0.3, 0.4) is 0 Å². The lowest BCUT2D eigenvalue weighted by atomic mass is 10.2. The minimum absolute atomic E-state index is 0.202. The van der Waals surface area contributed by atoms with Crippen molar-refractivity contribution in [1.82, 2.24) is 10.2 Å². The molecule has 0 aliphatic carbocycles. The lowest BCUT2D eigenvalue weighted by Crippen LogP contribution is -2.40. The van der Waals surface area contributed by atoms with Gasteiger partial charge in [-0.1, -0.05) is 23.2 Å². The predicted molar refractivity (Wildman–Crippen MR) is 74.3 cm³/mol. The first-order valence-electron chi connectivity index (χ1n) is 5.68. The van der Waals surface area contributed by atoms with Crippen molar-refractivity contribution in [2.24, 2.45) is 4.99 Å². The van der Waals surface area contributed by atoms with Crippen molar-refractivity contribution in [3.8, 4) is 0 Å². The summed E-state index contributed by atoms with van der Waals surface area (Å²) in [6.45, 7) is -0.202. The van der Waals surface area contributed by atoms with Gasteiger partial charge in [0.1, 0.15) is 5.84 Å². The van der Waals surface area contributed by atoms with E-state index in [-0.39, 0.29) is 13.0 Å². The van der Waals surface area contributed by atoms with Crippen LogP contribution >= 0.6 is 23.2 Å². The summed E-state index contributed by atoms with van der Waals surface area (Å²) in [4.78, 5) is 16.3. The maximum Gasteiger partial charge on any atom is 0.215 e. The number of likely N-dealkylation sites (N-methyl/N-ethyl adjacent to an activating group) is 1. The van der Waals surface area contributed by atoms with Gasteiger partial charge in [0, 0.05) is 26.7 Å². The number of nitrogens with zero attached hydrogens (tertiary/aromatic N) is 2. The number of carbonyl (C=O) groups is 1. The summed E-state index contributed by atoms with van der Waals surface area (Å²) in [6.07, 6.45) is 2.53. The number of nitrogens with one attached hydrogen (secondary N) is 1. The molecule has 0 bridgehead atoms. The molecule has 8 heteroatoms. The molecule has 1 rings (SSSR count). The van der Waals surface area contributed by atoms with Crippen molar-refractivity contribution in [2.45, 2.75) is 23.1 Å². The summed E-state index contributed by atoms with van der Waals surface area (Å²) in [7, 11) is 3.32. The van der Waals surface area contributed by atoms with Crippen LogP contribution in [0.15, 0.2) is 17.3 Å². The molecule has 0 aromatic carbocycles. The zero-order valence-corrected chi connectivity index (χ0v) is 12.2. The first-order valence-corrected chi connectivity index (χ1v) is 6.43. The summed E-state index contributed by atoms with van der Waals surface area (Å²) >= 11 is 12.2. The molecule has 1 fully saturated rings. The Bertz CT molecular complexity index is 374. The van der Waals surface area contributed by atoms with Crippen LogP contribution in [0.2, 0.25) is 0 Å². The van der Waals surface area contributed by atoms with Crippen molar-refractivity contribution in [3.63, 3.8) is 0 Å². The van der Waals surface area contributed by atoms with Crippen LogP contribution in [0.5, 0.6) is 0 Å². The van der Waals surface area contributed by atoms with Gasteiger partial charge in [-0.3, -0.25) is 14.7 Å². The fourth-order valence-corrected chi connectivity index (χ4v) is 2.40. The lowest BCUT2D eigenvalue weighted by molar-refractivity contribution is -0.127. The third kappa shape index (κ3) is 4.07. The van der Waals surface area contributed by atoms with E-state index in [2.05, 4.69) is 10.3 Å². The quantitative estimate of drug-likeness (QED) is 0.335. The number of amidine groups is 1.